The third-order valence-corrected chi connectivity index (χ3v) is 5.94. The highest BCUT2D eigenvalue weighted by molar-refractivity contribution is 7.80. The summed E-state index contributed by atoms with van der Waals surface area (Å²) in [5.41, 5.74) is 10.6. The second kappa shape index (κ2) is 12.5. The van der Waals surface area contributed by atoms with Crippen molar-refractivity contribution in [1.29, 1.82) is 0 Å². The molecular formula is C19H33N7O5S. The number of rotatable bonds is 11. The van der Waals surface area contributed by atoms with Crippen LogP contribution in [-0.2, 0) is 19.2 Å². The monoisotopic (exact) mass is 471 g/mol. The van der Waals surface area contributed by atoms with Gasteiger partial charge in [-0.2, -0.15) is 12.6 Å². The van der Waals surface area contributed by atoms with Crippen molar-refractivity contribution in [3.05, 3.63) is 0 Å². The van der Waals surface area contributed by atoms with Gasteiger partial charge in [0.15, 0.2) is 5.96 Å². The number of aliphatic imine (C=N–C) groups is 1. The van der Waals surface area contributed by atoms with Crippen molar-refractivity contribution in [3.63, 3.8) is 0 Å². The van der Waals surface area contributed by atoms with Gasteiger partial charge in [-0.05, 0) is 45.1 Å². The Labute approximate surface area is 192 Å². The number of guanidine groups is 1. The highest BCUT2D eigenvalue weighted by Gasteiger charge is 2.38. The molecule has 0 radical (unpaired) electrons. The van der Waals surface area contributed by atoms with E-state index in [4.69, 9.17) is 11.5 Å². The largest absolute Gasteiger partial charge is 0.480 e. The molecule has 2 aliphatic heterocycles. The van der Waals surface area contributed by atoms with Gasteiger partial charge in [0.1, 0.15) is 18.1 Å². The maximum Gasteiger partial charge on any atom is 0.326 e. The molecule has 2 saturated heterocycles. The van der Waals surface area contributed by atoms with Gasteiger partial charge in [-0.25, -0.2) is 4.79 Å². The smallest absolute Gasteiger partial charge is 0.326 e. The van der Waals surface area contributed by atoms with E-state index in [-0.39, 0.29) is 36.6 Å². The number of carboxylic acid groups (broad SMARTS) is 1. The van der Waals surface area contributed by atoms with Gasteiger partial charge in [-0.3, -0.25) is 19.4 Å². The molecule has 2 heterocycles. The molecule has 8 N–H and O–H groups in total. The number of carboxylic acids is 1. The molecule has 2 fully saturated rings. The lowest BCUT2D eigenvalue weighted by Gasteiger charge is -2.28. The fraction of sp³-hybridized carbons (Fsp3) is 0.737. The van der Waals surface area contributed by atoms with Crippen molar-refractivity contribution < 1.29 is 24.3 Å². The summed E-state index contributed by atoms with van der Waals surface area (Å²) in [5, 5.41) is 17.8. The van der Waals surface area contributed by atoms with Gasteiger partial charge in [-0.15, -0.1) is 0 Å². The molecule has 0 bridgehead atoms. The first-order valence-corrected chi connectivity index (χ1v) is 11.4. The summed E-state index contributed by atoms with van der Waals surface area (Å²) in [5.74, 6) is -2.45. The molecule has 13 heteroatoms. The molecule has 2 aliphatic rings. The van der Waals surface area contributed by atoms with E-state index in [9.17, 15) is 24.3 Å². The Hall–Kier alpha value is -2.54. The number of carbonyl (C=O) groups is 4. The maximum atomic E-state index is 13.1. The summed E-state index contributed by atoms with van der Waals surface area (Å²) in [6.45, 7) is 1.29. The number of hydrogen-bond donors (Lipinski definition) is 7. The quantitative estimate of drug-likeness (QED) is 0.0761. The fourth-order valence-corrected chi connectivity index (χ4v) is 4.15. The summed E-state index contributed by atoms with van der Waals surface area (Å²) >= 11 is 4.17. The molecule has 32 heavy (non-hydrogen) atoms. The predicted molar refractivity (Wildman–Crippen MR) is 121 cm³/mol. The molecule has 3 amide bonds. The van der Waals surface area contributed by atoms with Crippen molar-refractivity contribution >= 4 is 42.3 Å². The molecule has 12 nitrogen and oxygen atoms in total. The van der Waals surface area contributed by atoms with E-state index in [1.807, 2.05) is 0 Å². The van der Waals surface area contributed by atoms with Crippen molar-refractivity contribution in [2.45, 2.75) is 62.7 Å². The molecule has 180 valence electrons. The van der Waals surface area contributed by atoms with Crippen molar-refractivity contribution in [1.82, 2.24) is 20.9 Å². The number of aliphatic carboxylic acids is 1. The predicted octanol–water partition coefficient (Wildman–Crippen LogP) is -2.23. The fourth-order valence-electron chi connectivity index (χ4n) is 3.90. The van der Waals surface area contributed by atoms with E-state index in [0.717, 1.165) is 13.0 Å². The van der Waals surface area contributed by atoms with Gasteiger partial charge in [0.05, 0.1) is 6.04 Å². The normalized spacial score (nSPS) is 22.1. The lowest BCUT2D eigenvalue weighted by molar-refractivity contribution is -0.149. The van der Waals surface area contributed by atoms with Gasteiger partial charge in [0.25, 0.3) is 0 Å². The lowest BCUT2D eigenvalue weighted by Crippen LogP contribution is -2.57. The van der Waals surface area contributed by atoms with Crippen LogP contribution in [0.2, 0.25) is 0 Å². The molecule has 4 atom stereocenters. The minimum Gasteiger partial charge on any atom is -0.480 e. The molecule has 0 aromatic rings. The third kappa shape index (κ3) is 7.26. The number of nitrogens with zero attached hydrogens (tertiary/aromatic N) is 2. The summed E-state index contributed by atoms with van der Waals surface area (Å²) in [6.07, 6.45) is 3.10. The first-order chi connectivity index (χ1) is 15.2. The van der Waals surface area contributed by atoms with Crippen molar-refractivity contribution in [2.24, 2.45) is 16.5 Å². The minimum absolute atomic E-state index is 0.0423. The second-order valence-corrected chi connectivity index (χ2v) is 8.30. The standard InChI is InChI=1S/C19H33N7O5S/c20-19(21)23-8-2-5-12(17(29)26-9-3-6-14(26)18(30)31)24-16(28)13(10-32)25-15(27)11-4-1-7-22-11/h11-14,22,32H,1-10H2,(H,24,28)(H,25,27)(H,30,31)(H4,20,21,23). The van der Waals surface area contributed by atoms with Crippen LogP contribution >= 0.6 is 12.6 Å². The van der Waals surface area contributed by atoms with Crippen LogP contribution < -0.4 is 27.4 Å². The van der Waals surface area contributed by atoms with Crippen LogP contribution in [0.1, 0.15) is 38.5 Å². The van der Waals surface area contributed by atoms with Gasteiger partial charge >= 0.3 is 5.97 Å². The van der Waals surface area contributed by atoms with Crippen LogP contribution in [0.5, 0.6) is 0 Å². The number of thiol groups is 1. The zero-order chi connectivity index (χ0) is 23.7. The Kier molecular flexibility index (Phi) is 10.0. The summed E-state index contributed by atoms with van der Waals surface area (Å²) in [4.78, 5) is 55.0. The van der Waals surface area contributed by atoms with Crippen LogP contribution in [-0.4, -0.2) is 89.2 Å². The highest BCUT2D eigenvalue weighted by atomic mass is 32.1. The second-order valence-electron chi connectivity index (χ2n) is 7.93. The Morgan fingerprint density at radius 2 is 1.91 bits per heavy atom. The molecule has 0 aromatic carbocycles. The summed E-state index contributed by atoms with van der Waals surface area (Å²) < 4.78 is 0. The molecular weight excluding hydrogens is 438 g/mol. The van der Waals surface area contributed by atoms with E-state index in [0.29, 0.717) is 32.2 Å². The van der Waals surface area contributed by atoms with Gasteiger partial charge in [0, 0.05) is 18.8 Å². The lowest BCUT2D eigenvalue weighted by atomic mass is 10.1. The molecule has 0 spiro atoms. The number of nitrogens with two attached hydrogens (primary N) is 2. The average Bonchev–Trinajstić information content (AvgIpc) is 3.45. The topological polar surface area (TPSA) is 192 Å². The SMILES string of the molecule is NC(N)=NCCCC(NC(=O)C(CS)NC(=O)C1CCCN1)C(=O)N1CCCC1C(=O)O. The number of likely N-dealkylation sites (tertiary alicyclic amines) is 1. The summed E-state index contributed by atoms with van der Waals surface area (Å²) in [6, 6.07) is -3.19. The Bertz CT molecular complexity index is 725. The minimum atomic E-state index is -1.08. The maximum absolute atomic E-state index is 13.1. The van der Waals surface area contributed by atoms with Crippen LogP contribution in [0, 0.1) is 0 Å². The number of carbonyl (C=O) groups excluding carboxylic acids is 3. The van der Waals surface area contributed by atoms with E-state index >= 15 is 0 Å². The van der Waals surface area contributed by atoms with Crippen molar-refractivity contribution in [3.8, 4) is 0 Å². The first-order valence-electron chi connectivity index (χ1n) is 10.8. The number of amides is 3. The third-order valence-electron chi connectivity index (χ3n) is 5.57. The van der Waals surface area contributed by atoms with Crippen LogP contribution in [0.3, 0.4) is 0 Å². The Morgan fingerprint density at radius 3 is 2.50 bits per heavy atom. The number of hydrogen-bond acceptors (Lipinski definition) is 7. The zero-order valence-corrected chi connectivity index (χ0v) is 18.9. The highest BCUT2D eigenvalue weighted by Crippen LogP contribution is 2.19. The molecule has 0 saturated carbocycles. The van der Waals surface area contributed by atoms with Crippen LogP contribution in [0.25, 0.3) is 0 Å². The summed E-state index contributed by atoms with van der Waals surface area (Å²) in [7, 11) is 0. The van der Waals surface area contributed by atoms with Gasteiger partial charge in [0.2, 0.25) is 17.7 Å². The molecule has 0 aromatic heterocycles. The van der Waals surface area contributed by atoms with Crippen LogP contribution in [0.4, 0.5) is 0 Å². The van der Waals surface area contributed by atoms with Gasteiger partial charge < -0.3 is 37.4 Å². The van der Waals surface area contributed by atoms with Gasteiger partial charge in [-0.1, -0.05) is 0 Å². The average molecular weight is 472 g/mol. The van der Waals surface area contributed by atoms with Crippen molar-refractivity contribution in [2.75, 3.05) is 25.4 Å². The molecule has 0 aliphatic carbocycles. The number of nitrogens with one attached hydrogen (secondary N) is 3. The molecule has 4 unspecified atom stereocenters. The van der Waals surface area contributed by atoms with E-state index < -0.39 is 35.9 Å². The zero-order valence-electron chi connectivity index (χ0n) is 18.0. The Morgan fingerprint density at radius 1 is 1.16 bits per heavy atom. The van der Waals surface area contributed by atoms with E-state index in [1.54, 1.807) is 0 Å². The Balaban J connectivity index is 2.06. The van der Waals surface area contributed by atoms with E-state index in [2.05, 4.69) is 33.6 Å². The molecule has 2 rings (SSSR count). The van der Waals surface area contributed by atoms with Crippen LogP contribution in [0.15, 0.2) is 4.99 Å². The first kappa shape index (κ1) is 25.7. The van der Waals surface area contributed by atoms with E-state index in [1.165, 1.54) is 4.90 Å².